The number of carboxylic acid groups (broad SMARTS) is 1. The molecule has 1 saturated heterocycles. The molecule has 1 aliphatic heterocycles. The standard InChI is InChI=1S/C12H23NO2/c1-5-9(2)13-7-6-10(11(14)15)8-12(13,3)4/h9-10H,5-8H2,1-4H3,(H,14,15). The third-order valence-corrected chi connectivity index (χ3v) is 3.71. The van der Waals surface area contributed by atoms with Crippen molar-refractivity contribution in [1.82, 2.24) is 4.90 Å². The lowest BCUT2D eigenvalue weighted by Crippen LogP contribution is -2.54. The third-order valence-electron chi connectivity index (χ3n) is 3.71. The summed E-state index contributed by atoms with van der Waals surface area (Å²) >= 11 is 0. The Morgan fingerprint density at radius 1 is 1.60 bits per heavy atom. The van der Waals surface area contributed by atoms with Crippen LogP contribution in [-0.2, 0) is 4.79 Å². The lowest BCUT2D eigenvalue weighted by atomic mass is 9.81. The number of likely N-dealkylation sites (tertiary alicyclic amines) is 1. The molecule has 1 fully saturated rings. The van der Waals surface area contributed by atoms with E-state index >= 15 is 0 Å². The molecule has 1 N–H and O–H groups in total. The van der Waals surface area contributed by atoms with Crippen molar-refractivity contribution in [2.24, 2.45) is 5.92 Å². The van der Waals surface area contributed by atoms with Crippen LogP contribution in [0.25, 0.3) is 0 Å². The summed E-state index contributed by atoms with van der Waals surface area (Å²) in [5.74, 6) is -0.785. The fraction of sp³-hybridized carbons (Fsp3) is 0.917. The van der Waals surface area contributed by atoms with Gasteiger partial charge in [-0.1, -0.05) is 6.92 Å². The van der Waals surface area contributed by atoms with E-state index in [-0.39, 0.29) is 11.5 Å². The van der Waals surface area contributed by atoms with Crippen molar-refractivity contribution >= 4 is 5.97 Å². The molecule has 0 saturated carbocycles. The van der Waals surface area contributed by atoms with Crippen LogP contribution < -0.4 is 0 Å². The molecule has 0 radical (unpaired) electrons. The molecule has 0 aliphatic carbocycles. The molecule has 88 valence electrons. The smallest absolute Gasteiger partial charge is 0.306 e. The van der Waals surface area contributed by atoms with Gasteiger partial charge in [-0.15, -0.1) is 0 Å². The molecule has 0 aromatic rings. The summed E-state index contributed by atoms with van der Waals surface area (Å²) in [6, 6.07) is 0.551. The van der Waals surface area contributed by atoms with Crippen molar-refractivity contribution in [1.29, 1.82) is 0 Å². The SMILES string of the molecule is CCC(C)N1CCC(C(=O)O)CC1(C)C. The lowest BCUT2D eigenvalue weighted by molar-refractivity contribution is -0.146. The van der Waals surface area contributed by atoms with Crippen LogP contribution in [-0.4, -0.2) is 34.1 Å². The molecule has 0 amide bonds. The predicted molar refractivity (Wildman–Crippen MR) is 60.9 cm³/mol. The van der Waals surface area contributed by atoms with Gasteiger partial charge < -0.3 is 5.11 Å². The van der Waals surface area contributed by atoms with Crippen molar-refractivity contribution < 1.29 is 9.90 Å². The fourth-order valence-corrected chi connectivity index (χ4v) is 2.67. The van der Waals surface area contributed by atoms with E-state index in [1.165, 1.54) is 0 Å². The molecule has 3 heteroatoms. The van der Waals surface area contributed by atoms with Crippen LogP contribution in [0.2, 0.25) is 0 Å². The largest absolute Gasteiger partial charge is 0.481 e. The first-order valence-corrected chi connectivity index (χ1v) is 5.88. The van der Waals surface area contributed by atoms with Crippen LogP contribution in [0.3, 0.4) is 0 Å². The summed E-state index contributed by atoms with van der Waals surface area (Å²) in [4.78, 5) is 13.4. The molecule has 1 heterocycles. The van der Waals surface area contributed by atoms with E-state index in [0.717, 1.165) is 25.8 Å². The zero-order valence-electron chi connectivity index (χ0n) is 10.3. The van der Waals surface area contributed by atoms with E-state index in [9.17, 15) is 4.79 Å². The van der Waals surface area contributed by atoms with Gasteiger partial charge in [0.1, 0.15) is 0 Å². The first-order chi connectivity index (χ1) is 6.88. The molecule has 0 spiro atoms. The number of piperidine rings is 1. The normalized spacial score (nSPS) is 28.7. The van der Waals surface area contributed by atoms with Gasteiger partial charge in [-0.2, -0.15) is 0 Å². The molecule has 3 nitrogen and oxygen atoms in total. The number of carboxylic acids is 1. The minimum atomic E-state index is -0.633. The molecule has 0 bridgehead atoms. The summed E-state index contributed by atoms with van der Waals surface area (Å²) in [7, 11) is 0. The zero-order chi connectivity index (χ0) is 11.6. The maximum atomic E-state index is 11.0. The predicted octanol–water partition coefficient (Wildman–Crippen LogP) is 2.36. The Morgan fingerprint density at radius 2 is 2.20 bits per heavy atom. The monoisotopic (exact) mass is 213 g/mol. The first-order valence-electron chi connectivity index (χ1n) is 5.88. The zero-order valence-corrected chi connectivity index (χ0v) is 10.3. The molecule has 1 aliphatic rings. The van der Waals surface area contributed by atoms with Gasteiger partial charge in [-0.05, 0) is 46.6 Å². The summed E-state index contributed by atoms with van der Waals surface area (Å²) in [6.45, 7) is 9.65. The number of aliphatic carboxylic acids is 1. The highest BCUT2D eigenvalue weighted by molar-refractivity contribution is 5.70. The Labute approximate surface area is 92.5 Å². The van der Waals surface area contributed by atoms with E-state index in [1.807, 2.05) is 0 Å². The van der Waals surface area contributed by atoms with E-state index in [4.69, 9.17) is 5.11 Å². The maximum Gasteiger partial charge on any atom is 0.306 e. The van der Waals surface area contributed by atoms with Crippen LogP contribution in [0, 0.1) is 5.92 Å². The van der Waals surface area contributed by atoms with Crippen molar-refractivity contribution in [3.8, 4) is 0 Å². The van der Waals surface area contributed by atoms with Gasteiger partial charge in [-0.3, -0.25) is 9.69 Å². The molecular formula is C12H23NO2. The van der Waals surface area contributed by atoms with Crippen molar-refractivity contribution in [2.75, 3.05) is 6.54 Å². The quantitative estimate of drug-likeness (QED) is 0.782. The van der Waals surface area contributed by atoms with Gasteiger partial charge in [0.05, 0.1) is 5.92 Å². The highest BCUT2D eigenvalue weighted by Crippen LogP contribution is 2.33. The minimum Gasteiger partial charge on any atom is -0.481 e. The number of hydrogen-bond donors (Lipinski definition) is 1. The number of rotatable bonds is 3. The van der Waals surface area contributed by atoms with Gasteiger partial charge in [0.25, 0.3) is 0 Å². The Kier molecular flexibility index (Phi) is 3.77. The van der Waals surface area contributed by atoms with Gasteiger partial charge in [0, 0.05) is 11.6 Å². The van der Waals surface area contributed by atoms with E-state index in [0.29, 0.717) is 6.04 Å². The van der Waals surface area contributed by atoms with Gasteiger partial charge in [0.2, 0.25) is 0 Å². The van der Waals surface area contributed by atoms with Crippen LogP contribution in [0.4, 0.5) is 0 Å². The summed E-state index contributed by atoms with van der Waals surface area (Å²) < 4.78 is 0. The molecular weight excluding hydrogens is 190 g/mol. The minimum absolute atomic E-state index is 0.0245. The van der Waals surface area contributed by atoms with Gasteiger partial charge in [-0.25, -0.2) is 0 Å². The van der Waals surface area contributed by atoms with Gasteiger partial charge in [0.15, 0.2) is 0 Å². The lowest BCUT2D eigenvalue weighted by Gasteiger charge is -2.47. The van der Waals surface area contributed by atoms with Crippen LogP contribution in [0.1, 0.15) is 47.0 Å². The highest BCUT2D eigenvalue weighted by Gasteiger charge is 2.39. The van der Waals surface area contributed by atoms with Crippen molar-refractivity contribution in [3.63, 3.8) is 0 Å². The number of hydrogen-bond acceptors (Lipinski definition) is 2. The summed E-state index contributed by atoms with van der Waals surface area (Å²) in [5, 5.41) is 9.03. The van der Waals surface area contributed by atoms with Crippen molar-refractivity contribution in [3.05, 3.63) is 0 Å². The fourth-order valence-electron chi connectivity index (χ4n) is 2.67. The highest BCUT2D eigenvalue weighted by atomic mass is 16.4. The maximum absolute atomic E-state index is 11.0. The second kappa shape index (κ2) is 4.52. The molecule has 2 unspecified atom stereocenters. The van der Waals surface area contributed by atoms with Crippen LogP contribution in [0.15, 0.2) is 0 Å². The Morgan fingerprint density at radius 3 is 2.60 bits per heavy atom. The topological polar surface area (TPSA) is 40.5 Å². The van der Waals surface area contributed by atoms with E-state index < -0.39 is 5.97 Å². The second-order valence-electron chi connectivity index (χ2n) is 5.29. The van der Waals surface area contributed by atoms with E-state index in [1.54, 1.807) is 0 Å². The average Bonchev–Trinajstić information content (AvgIpc) is 2.15. The van der Waals surface area contributed by atoms with Crippen LogP contribution >= 0.6 is 0 Å². The number of nitrogens with zero attached hydrogens (tertiary/aromatic N) is 1. The van der Waals surface area contributed by atoms with E-state index in [2.05, 4.69) is 32.6 Å². The molecule has 0 aromatic heterocycles. The Hall–Kier alpha value is -0.570. The molecule has 0 aromatic carbocycles. The third kappa shape index (κ3) is 2.71. The number of carbonyl (C=O) groups is 1. The molecule has 15 heavy (non-hydrogen) atoms. The average molecular weight is 213 g/mol. The second-order valence-corrected chi connectivity index (χ2v) is 5.29. The first kappa shape index (κ1) is 12.5. The Balaban J connectivity index is 2.70. The Bertz CT molecular complexity index is 238. The molecule has 2 atom stereocenters. The molecule has 1 rings (SSSR count). The summed E-state index contributed by atoms with van der Waals surface area (Å²) in [6.07, 6.45) is 2.69. The van der Waals surface area contributed by atoms with Crippen molar-refractivity contribution in [2.45, 2.75) is 58.5 Å². The summed E-state index contributed by atoms with van der Waals surface area (Å²) in [5.41, 5.74) is 0.0245. The van der Waals surface area contributed by atoms with Gasteiger partial charge >= 0.3 is 5.97 Å². The van der Waals surface area contributed by atoms with Crippen LogP contribution in [0.5, 0.6) is 0 Å².